The van der Waals surface area contributed by atoms with Crippen LogP contribution in [0.2, 0.25) is 0 Å². The summed E-state index contributed by atoms with van der Waals surface area (Å²) in [6.45, 7) is 7.03. The molecule has 17 nitrogen and oxygen atoms in total. The lowest BCUT2D eigenvalue weighted by Gasteiger charge is -2.21. The van der Waals surface area contributed by atoms with Crippen molar-refractivity contribution in [3.8, 4) is 0 Å². The molecule has 0 aliphatic heterocycles. The monoisotopic (exact) mass is 1210 g/mol. The summed E-state index contributed by atoms with van der Waals surface area (Å²) in [6, 6.07) is 0. The van der Waals surface area contributed by atoms with Gasteiger partial charge in [0.15, 0.2) is 12.2 Å². The topological polar surface area (TPSA) is 237 Å². The summed E-state index contributed by atoms with van der Waals surface area (Å²) in [4.78, 5) is 71.6. The van der Waals surface area contributed by atoms with Crippen LogP contribution in [0.5, 0.6) is 0 Å². The van der Waals surface area contributed by atoms with Gasteiger partial charge in [-0.1, -0.05) is 266 Å². The number of hydrogen-bond donors (Lipinski definition) is 3. The minimum Gasteiger partial charge on any atom is -0.462 e. The van der Waals surface area contributed by atoms with Gasteiger partial charge >= 0.3 is 39.5 Å². The zero-order valence-corrected chi connectivity index (χ0v) is 54.4. The number of carbonyl (C=O) groups excluding carboxylic acids is 4. The molecule has 0 saturated carbocycles. The van der Waals surface area contributed by atoms with Gasteiger partial charge in [0, 0.05) is 25.7 Å². The number of carbonyl (C=O) groups is 4. The number of ether oxygens (including phenoxy) is 4. The Morgan fingerprint density at radius 1 is 0.329 bits per heavy atom. The van der Waals surface area contributed by atoms with Crippen molar-refractivity contribution < 1.29 is 80.2 Å². The van der Waals surface area contributed by atoms with E-state index in [4.69, 9.17) is 37.0 Å². The van der Waals surface area contributed by atoms with Gasteiger partial charge in [0.1, 0.15) is 19.3 Å². The van der Waals surface area contributed by atoms with Crippen molar-refractivity contribution in [1.82, 2.24) is 0 Å². The first-order valence-corrected chi connectivity index (χ1v) is 36.1. The van der Waals surface area contributed by atoms with Crippen molar-refractivity contribution in [2.75, 3.05) is 39.6 Å². The number of phosphoric ester groups is 2. The van der Waals surface area contributed by atoms with E-state index in [0.717, 1.165) is 102 Å². The smallest absolute Gasteiger partial charge is 0.462 e. The van der Waals surface area contributed by atoms with Crippen LogP contribution in [0.1, 0.15) is 317 Å². The molecule has 0 aromatic heterocycles. The molecule has 0 rings (SSSR count). The summed E-state index contributed by atoms with van der Waals surface area (Å²) >= 11 is 0. The Morgan fingerprint density at radius 3 is 0.829 bits per heavy atom. The Balaban J connectivity index is 5.02. The molecule has 0 spiro atoms. The highest BCUT2D eigenvalue weighted by molar-refractivity contribution is 7.47. The second-order valence-electron chi connectivity index (χ2n) is 23.3. The third-order valence-electron chi connectivity index (χ3n) is 14.5. The predicted molar refractivity (Wildman–Crippen MR) is 326 cm³/mol. The molecule has 0 radical (unpaired) electrons. The Bertz CT molecular complexity index is 1600. The first kappa shape index (κ1) is 80.1. The average Bonchev–Trinajstić information content (AvgIpc) is 3.46. The van der Waals surface area contributed by atoms with E-state index in [1.807, 2.05) is 0 Å². The molecule has 0 bridgehead atoms. The van der Waals surface area contributed by atoms with E-state index < -0.39 is 97.5 Å². The molecule has 3 N–H and O–H groups in total. The highest BCUT2D eigenvalue weighted by Gasteiger charge is 2.30. The molecule has 0 saturated heterocycles. The zero-order valence-electron chi connectivity index (χ0n) is 52.6. The maximum absolute atomic E-state index is 13.0. The summed E-state index contributed by atoms with van der Waals surface area (Å²) < 4.78 is 67.5. The van der Waals surface area contributed by atoms with Gasteiger partial charge in [-0.25, -0.2) is 9.13 Å². The van der Waals surface area contributed by atoms with E-state index in [2.05, 4.69) is 34.6 Å². The lowest BCUT2D eigenvalue weighted by atomic mass is 10.0. The van der Waals surface area contributed by atoms with Crippen LogP contribution in [0.25, 0.3) is 0 Å². The largest absolute Gasteiger partial charge is 0.472 e. The van der Waals surface area contributed by atoms with Crippen LogP contribution >= 0.6 is 15.6 Å². The number of aliphatic hydroxyl groups excluding tert-OH is 1. The minimum absolute atomic E-state index is 0.0989. The van der Waals surface area contributed by atoms with Crippen molar-refractivity contribution in [2.24, 2.45) is 5.92 Å². The SMILES string of the molecule is CCCCCCCCCCCCCC(=O)OC[C@H](COP(=O)(O)OC[C@@H](O)COP(=O)(O)OC[C@@H](COC(=O)CCCCCCC)OC(=O)CCCCCCC)OC(=O)CCCCCCCCCCCCCCCCCCCCC(C)C. The van der Waals surface area contributed by atoms with Crippen molar-refractivity contribution in [2.45, 2.75) is 335 Å². The normalized spacial score (nSPS) is 14.3. The maximum Gasteiger partial charge on any atom is 0.472 e. The quantitative estimate of drug-likeness (QED) is 0.0222. The maximum atomic E-state index is 13.0. The van der Waals surface area contributed by atoms with Gasteiger partial charge in [-0.15, -0.1) is 0 Å². The van der Waals surface area contributed by atoms with E-state index in [9.17, 15) is 43.2 Å². The second kappa shape index (κ2) is 56.8. The number of hydrogen-bond acceptors (Lipinski definition) is 15. The number of rotatable bonds is 63. The van der Waals surface area contributed by atoms with Gasteiger partial charge in [-0.2, -0.15) is 0 Å². The highest BCUT2D eigenvalue weighted by Crippen LogP contribution is 2.45. The Morgan fingerprint density at radius 2 is 0.561 bits per heavy atom. The standard InChI is InChI=1S/C63H122O17P2/c1-6-9-12-15-16-17-26-30-33-38-42-47-61(66)74-53-59(80-63(68)49-44-39-34-31-28-25-23-21-19-18-20-22-24-27-29-32-37-40-45-56(4)5)55-78-82(71,72)76-51-57(64)50-75-81(69,70)77-54-58(79-62(67)48-43-36-14-11-8-3)52-73-60(65)46-41-35-13-10-7-2/h56-59,64H,6-55H2,1-5H3,(H,69,70)(H,71,72)/t57-,58+,59+/m0/s1. The van der Waals surface area contributed by atoms with E-state index in [0.29, 0.717) is 25.7 Å². The van der Waals surface area contributed by atoms with Crippen molar-refractivity contribution in [3.05, 3.63) is 0 Å². The Hall–Kier alpha value is -1.94. The molecule has 0 aromatic rings. The summed E-state index contributed by atoms with van der Waals surface area (Å²) in [5, 5.41) is 10.5. The molecule has 0 amide bonds. The van der Waals surface area contributed by atoms with Crippen LogP contribution in [0.4, 0.5) is 0 Å². The summed E-state index contributed by atoms with van der Waals surface area (Å²) in [7, 11) is -9.86. The number of aliphatic hydroxyl groups is 1. The van der Waals surface area contributed by atoms with Crippen molar-refractivity contribution in [1.29, 1.82) is 0 Å². The van der Waals surface area contributed by atoms with Crippen LogP contribution in [0, 0.1) is 5.92 Å². The zero-order chi connectivity index (χ0) is 60.6. The molecule has 0 heterocycles. The fourth-order valence-corrected chi connectivity index (χ4v) is 11.0. The molecule has 486 valence electrons. The number of unbranched alkanes of at least 4 members (excludes halogenated alkanes) is 35. The first-order chi connectivity index (χ1) is 39.5. The fraction of sp³-hybridized carbons (Fsp3) is 0.937. The first-order valence-electron chi connectivity index (χ1n) is 33.1. The van der Waals surface area contributed by atoms with Crippen molar-refractivity contribution in [3.63, 3.8) is 0 Å². The van der Waals surface area contributed by atoms with Gasteiger partial charge in [0.2, 0.25) is 0 Å². The van der Waals surface area contributed by atoms with Crippen LogP contribution in [-0.2, 0) is 65.4 Å². The van der Waals surface area contributed by atoms with Crippen LogP contribution < -0.4 is 0 Å². The molecule has 0 aliphatic carbocycles. The van der Waals surface area contributed by atoms with Crippen LogP contribution in [0.15, 0.2) is 0 Å². The predicted octanol–water partition coefficient (Wildman–Crippen LogP) is 17.4. The summed E-state index contributed by atoms with van der Waals surface area (Å²) in [5.41, 5.74) is 0. The Labute approximate surface area is 498 Å². The third kappa shape index (κ3) is 57.2. The van der Waals surface area contributed by atoms with E-state index >= 15 is 0 Å². The summed E-state index contributed by atoms with van der Waals surface area (Å²) in [5.74, 6) is -1.34. The lowest BCUT2D eigenvalue weighted by Crippen LogP contribution is -2.30. The molecular formula is C63H122O17P2. The molecule has 5 atom stereocenters. The van der Waals surface area contributed by atoms with Crippen LogP contribution in [-0.4, -0.2) is 96.7 Å². The lowest BCUT2D eigenvalue weighted by molar-refractivity contribution is -0.161. The van der Waals surface area contributed by atoms with Gasteiger partial charge in [0.25, 0.3) is 0 Å². The molecule has 0 aliphatic rings. The van der Waals surface area contributed by atoms with Gasteiger partial charge in [-0.3, -0.25) is 37.3 Å². The van der Waals surface area contributed by atoms with E-state index in [-0.39, 0.29) is 25.7 Å². The van der Waals surface area contributed by atoms with Gasteiger partial charge in [-0.05, 0) is 31.6 Å². The Kier molecular flexibility index (Phi) is 55.5. The number of esters is 4. The molecule has 0 fully saturated rings. The van der Waals surface area contributed by atoms with E-state index in [1.54, 1.807) is 0 Å². The fourth-order valence-electron chi connectivity index (χ4n) is 9.41. The third-order valence-corrected chi connectivity index (χ3v) is 16.4. The highest BCUT2D eigenvalue weighted by atomic mass is 31.2. The van der Waals surface area contributed by atoms with E-state index in [1.165, 1.54) is 135 Å². The summed E-state index contributed by atoms with van der Waals surface area (Å²) in [6.07, 6.45) is 41.2. The van der Waals surface area contributed by atoms with Gasteiger partial charge < -0.3 is 33.8 Å². The molecular weight excluding hydrogens is 1090 g/mol. The molecule has 0 aromatic carbocycles. The molecule has 82 heavy (non-hydrogen) atoms. The minimum atomic E-state index is -4.94. The average molecular weight is 1210 g/mol. The van der Waals surface area contributed by atoms with Crippen molar-refractivity contribution >= 4 is 39.5 Å². The number of phosphoric acid groups is 2. The van der Waals surface area contributed by atoms with Crippen LogP contribution in [0.3, 0.4) is 0 Å². The second-order valence-corrected chi connectivity index (χ2v) is 26.2. The van der Waals surface area contributed by atoms with Gasteiger partial charge in [0.05, 0.1) is 26.4 Å². The molecule has 2 unspecified atom stereocenters. The molecule has 19 heteroatoms.